The zero-order chi connectivity index (χ0) is 48.3. The molecule has 4 rings (SSSR count). The number of nitrogens with two attached hydrogens (primary N) is 2. The van der Waals surface area contributed by atoms with Crippen molar-refractivity contribution in [1.29, 1.82) is 0 Å². The third-order valence-corrected chi connectivity index (χ3v) is 10.8. The zero-order valence-corrected chi connectivity index (χ0v) is 37.4. The second-order valence-electron chi connectivity index (χ2n) is 16.6. The van der Waals surface area contributed by atoms with E-state index in [1.807, 2.05) is 72.8 Å². The van der Waals surface area contributed by atoms with Gasteiger partial charge >= 0.3 is 5.97 Å². The Morgan fingerprint density at radius 2 is 1.12 bits per heavy atom. The minimum absolute atomic E-state index is 0.00167. The van der Waals surface area contributed by atoms with E-state index in [4.69, 9.17) is 11.5 Å². The molecule has 354 valence electrons. The molecular formula is C48H62N8O10. The molecule has 0 radical (unpaired) electrons. The topological polar surface area (TPSA) is 304 Å². The predicted octanol–water partition coefficient (Wildman–Crippen LogP) is 0.691. The molecule has 0 aliphatic rings. The number of carboxylic acid groups (broad SMARTS) is 1. The van der Waals surface area contributed by atoms with Crippen LogP contribution in [0.15, 0.2) is 97.1 Å². The van der Waals surface area contributed by atoms with E-state index in [1.54, 1.807) is 26.0 Å². The summed E-state index contributed by atoms with van der Waals surface area (Å²) in [5.41, 5.74) is 14.2. The Morgan fingerprint density at radius 1 is 0.576 bits per heavy atom. The van der Waals surface area contributed by atoms with Crippen molar-refractivity contribution in [2.75, 3.05) is 13.1 Å². The van der Waals surface area contributed by atoms with Crippen molar-refractivity contribution in [1.82, 2.24) is 31.9 Å². The summed E-state index contributed by atoms with van der Waals surface area (Å²) in [5.74, 6) is -6.48. The maximum absolute atomic E-state index is 14.5. The fourth-order valence-corrected chi connectivity index (χ4v) is 7.11. The van der Waals surface area contributed by atoms with Crippen LogP contribution in [0.2, 0.25) is 0 Å². The molecule has 0 aromatic heterocycles. The van der Waals surface area contributed by atoms with Crippen molar-refractivity contribution in [3.8, 4) is 5.75 Å². The highest BCUT2D eigenvalue weighted by Gasteiger charge is 2.33. The van der Waals surface area contributed by atoms with E-state index in [0.717, 1.165) is 16.3 Å². The molecule has 4 aromatic rings. The van der Waals surface area contributed by atoms with Gasteiger partial charge in [0.1, 0.15) is 29.9 Å². The van der Waals surface area contributed by atoms with Crippen molar-refractivity contribution in [2.45, 2.75) is 102 Å². The Labute approximate surface area is 383 Å². The van der Waals surface area contributed by atoms with E-state index in [1.165, 1.54) is 19.1 Å². The van der Waals surface area contributed by atoms with Gasteiger partial charge in [0.15, 0.2) is 6.04 Å². The van der Waals surface area contributed by atoms with Gasteiger partial charge in [0.05, 0.1) is 18.7 Å². The van der Waals surface area contributed by atoms with E-state index in [-0.39, 0.29) is 31.4 Å². The monoisotopic (exact) mass is 910 g/mol. The summed E-state index contributed by atoms with van der Waals surface area (Å²) in [6.07, 6.45) is -0.322. The number of aliphatic carboxylic acids is 1. The molecule has 0 fully saturated rings. The minimum Gasteiger partial charge on any atom is -0.508 e. The van der Waals surface area contributed by atoms with Crippen molar-refractivity contribution in [2.24, 2.45) is 17.4 Å². The highest BCUT2D eigenvalue weighted by molar-refractivity contribution is 5.97. The molecule has 18 nitrogen and oxygen atoms in total. The number of unbranched alkanes of at least 4 members (excludes halogenated alkanes) is 1. The lowest BCUT2D eigenvalue weighted by Crippen LogP contribution is -2.60. The smallest absolute Gasteiger partial charge is 0.328 e. The first-order valence-electron chi connectivity index (χ1n) is 21.9. The average Bonchev–Trinajstić information content (AvgIpc) is 3.28. The van der Waals surface area contributed by atoms with Crippen LogP contribution in [0.4, 0.5) is 0 Å². The number of nitrogens with one attached hydrogen (secondary N) is 6. The summed E-state index contributed by atoms with van der Waals surface area (Å²) in [6, 6.07) is 20.7. The van der Waals surface area contributed by atoms with E-state index in [9.17, 15) is 48.9 Å². The third kappa shape index (κ3) is 16.3. The predicted molar refractivity (Wildman–Crippen MR) is 247 cm³/mol. The molecule has 7 atom stereocenters. The Bertz CT molecular complexity index is 2270. The molecule has 18 heteroatoms. The molecule has 6 amide bonds. The van der Waals surface area contributed by atoms with E-state index >= 15 is 0 Å². The maximum atomic E-state index is 14.5. The van der Waals surface area contributed by atoms with Crippen molar-refractivity contribution in [3.05, 3.63) is 114 Å². The highest BCUT2D eigenvalue weighted by Crippen LogP contribution is 2.18. The number of benzene rings is 4. The van der Waals surface area contributed by atoms with E-state index in [0.29, 0.717) is 30.5 Å². The van der Waals surface area contributed by atoms with Crippen LogP contribution in [0, 0.1) is 5.92 Å². The van der Waals surface area contributed by atoms with Gasteiger partial charge in [0, 0.05) is 12.8 Å². The normalized spacial score (nSPS) is 14.3. The molecular weight excluding hydrogens is 849 g/mol. The molecule has 0 saturated heterocycles. The van der Waals surface area contributed by atoms with Crippen LogP contribution >= 0.6 is 0 Å². The number of fused-ring (bicyclic) bond motifs is 1. The summed E-state index contributed by atoms with van der Waals surface area (Å²) >= 11 is 0. The Balaban J connectivity index is 1.60. The second kappa shape index (κ2) is 25.6. The first-order chi connectivity index (χ1) is 31.4. The Kier molecular flexibility index (Phi) is 20.0. The van der Waals surface area contributed by atoms with Crippen LogP contribution in [0.25, 0.3) is 10.8 Å². The molecule has 66 heavy (non-hydrogen) atoms. The molecule has 0 heterocycles. The summed E-state index contributed by atoms with van der Waals surface area (Å²) in [7, 11) is 0. The number of carbonyl (C=O) groups excluding carboxylic acids is 6. The van der Waals surface area contributed by atoms with Crippen molar-refractivity contribution >= 4 is 52.2 Å². The molecule has 0 unspecified atom stereocenters. The van der Waals surface area contributed by atoms with Crippen molar-refractivity contribution < 1.29 is 48.9 Å². The molecule has 0 saturated carbocycles. The highest BCUT2D eigenvalue weighted by atomic mass is 16.4. The number of aromatic hydroxyl groups is 1. The number of rotatable bonds is 25. The average molecular weight is 911 g/mol. The van der Waals surface area contributed by atoms with Gasteiger partial charge in [-0.05, 0) is 84.7 Å². The van der Waals surface area contributed by atoms with Gasteiger partial charge in [-0.3, -0.25) is 28.8 Å². The number of aliphatic hydroxyl groups excluding tert-OH is 1. The van der Waals surface area contributed by atoms with E-state index in [2.05, 4.69) is 31.9 Å². The molecule has 0 aliphatic carbocycles. The Morgan fingerprint density at radius 3 is 1.73 bits per heavy atom. The van der Waals surface area contributed by atoms with E-state index < -0.39 is 96.2 Å². The van der Waals surface area contributed by atoms with Gasteiger partial charge in [-0.15, -0.1) is 0 Å². The van der Waals surface area contributed by atoms with Crippen LogP contribution in [-0.2, 0) is 52.8 Å². The third-order valence-electron chi connectivity index (χ3n) is 10.8. The number of amides is 6. The lowest BCUT2D eigenvalue weighted by Gasteiger charge is -2.28. The first kappa shape index (κ1) is 51.7. The summed E-state index contributed by atoms with van der Waals surface area (Å²) < 4.78 is 0. The number of phenols is 1. The fraction of sp³-hybridized carbons (Fsp3) is 0.396. The number of aliphatic hydroxyl groups is 1. The first-order valence-corrected chi connectivity index (χ1v) is 21.9. The van der Waals surface area contributed by atoms with Gasteiger partial charge in [-0.2, -0.15) is 0 Å². The van der Waals surface area contributed by atoms with Crippen LogP contribution in [0.5, 0.6) is 5.75 Å². The lowest BCUT2D eigenvalue weighted by molar-refractivity contribution is -0.144. The van der Waals surface area contributed by atoms with Crippen LogP contribution in [0.3, 0.4) is 0 Å². The standard InChI is InChI=1S/C48H62N8O10/c1-28(2)41(47(64)51-27-40(59)55-42(29(3)57)48(65)66)56-44(61)37(15-9-10-22-49)52-45(62)39(26-32-16-19-33-13-7-8-14-34(33)23-32)54-46(63)38(25-31-17-20-35(58)21-18-31)53-43(60)36(50)24-30-11-5-4-6-12-30/h4-8,11-14,16-21,23,28-29,36-39,41-42,57-58H,9-10,15,22,24-27,49-50H2,1-3H3,(H,51,64)(H,52,62)(H,53,60)(H,54,63)(H,55,59)(H,56,61)(H,65,66)/t29-,36+,37+,38+,39-,41+,42+/m1/s1. The van der Waals surface area contributed by atoms with Crippen LogP contribution in [0.1, 0.15) is 56.7 Å². The maximum Gasteiger partial charge on any atom is 0.328 e. The molecule has 4 aromatic carbocycles. The second-order valence-corrected chi connectivity index (χ2v) is 16.6. The zero-order valence-electron chi connectivity index (χ0n) is 37.4. The molecule has 0 spiro atoms. The van der Waals surface area contributed by atoms with Crippen LogP contribution in [-0.4, -0.2) is 112 Å². The minimum atomic E-state index is -1.62. The number of hydrogen-bond donors (Lipinski definition) is 11. The molecule has 0 aliphatic heterocycles. The lowest BCUT2D eigenvalue weighted by atomic mass is 9.99. The summed E-state index contributed by atoms with van der Waals surface area (Å²) in [6.45, 7) is 4.12. The van der Waals surface area contributed by atoms with Gasteiger partial charge in [0.25, 0.3) is 0 Å². The van der Waals surface area contributed by atoms with Crippen LogP contribution < -0.4 is 43.4 Å². The largest absolute Gasteiger partial charge is 0.508 e. The number of carboxylic acids is 1. The van der Waals surface area contributed by atoms with Gasteiger partial charge < -0.3 is 58.7 Å². The quantitative estimate of drug-likeness (QED) is 0.0410. The fourth-order valence-electron chi connectivity index (χ4n) is 7.11. The van der Waals surface area contributed by atoms with Gasteiger partial charge in [0.2, 0.25) is 35.4 Å². The summed E-state index contributed by atoms with van der Waals surface area (Å²) in [4.78, 5) is 93.8. The summed E-state index contributed by atoms with van der Waals surface area (Å²) in [5, 5.41) is 46.3. The van der Waals surface area contributed by atoms with Gasteiger partial charge in [-0.1, -0.05) is 98.8 Å². The molecule has 0 bridgehead atoms. The number of phenolic OH excluding ortho intramolecular Hbond substituents is 1. The van der Waals surface area contributed by atoms with Gasteiger partial charge in [-0.25, -0.2) is 4.79 Å². The SMILES string of the molecule is CC(C)[C@H](NC(=O)[C@H](CCCCN)NC(=O)[C@@H](Cc1ccc2ccccc2c1)NC(=O)[C@H](Cc1ccc(O)cc1)NC(=O)[C@@H](N)Cc1ccccc1)C(=O)NCC(=O)N[C@H](C(=O)O)[C@@H](C)O. The molecule has 13 N–H and O–H groups in total. The number of hydrogen-bond acceptors (Lipinski definition) is 11. The number of carbonyl (C=O) groups is 7. The Hall–Kier alpha value is -6.89. The van der Waals surface area contributed by atoms with Crippen molar-refractivity contribution in [3.63, 3.8) is 0 Å².